The van der Waals surface area contributed by atoms with Gasteiger partial charge < -0.3 is 4.52 Å². The molecule has 0 amide bonds. The molecule has 1 fully saturated rings. The molecular formula is C12H21N3O3S. The van der Waals surface area contributed by atoms with Gasteiger partial charge in [-0.1, -0.05) is 12.1 Å². The molecule has 6 nitrogen and oxygen atoms in total. The van der Waals surface area contributed by atoms with E-state index in [-0.39, 0.29) is 0 Å². The maximum absolute atomic E-state index is 11.4. The lowest BCUT2D eigenvalue weighted by molar-refractivity contribution is 0.286. The molecule has 0 unspecified atom stereocenters. The third kappa shape index (κ3) is 4.28. The molecule has 0 N–H and O–H groups in total. The van der Waals surface area contributed by atoms with Crippen LogP contribution in [-0.4, -0.2) is 48.6 Å². The summed E-state index contributed by atoms with van der Waals surface area (Å²) in [5.41, 5.74) is 0. The van der Waals surface area contributed by atoms with Crippen LogP contribution in [0.5, 0.6) is 0 Å². The summed E-state index contributed by atoms with van der Waals surface area (Å²) in [6.07, 6.45) is 2.46. The maximum Gasteiger partial charge on any atom is 0.226 e. The van der Waals surface area contributed by atoms with Crippen LogP contribution in [0.25, 0.3) is 0 Å². The van der Waals surface area contributed by atoms with Crippen molar-refractivity contribution >= 4 is 9.84 Å². The van der Waals surface area contributed by atoms with Gasteiger partial charge in [-0.15, -0.1) is 0 Å². The molecule has 7 heteroatoms. The average Bonchev–Trinajstić information content (AvgIpc) is 2.93. The van der Waals surface area contributed by atoms with Crippen LogP contribution in [0.15, 0.2) is 4.52 Å². The minimum Gasteiger partial charge on any atom is -0.339 e. The number of sulfone groups is 1. The van der Waals surface area contributed by atoms with E-state index in [0.717, 1.165) is 25.8 Å². The molecule has 0 bridgehead atoms. The Morgan fingerprint density at radius 2 is 2.26 bits per heavy atom. The van der Waals surface area contributed by atoms with Crippen molar-refractivity contribution in [1.29, 1.82) is 0 Å². The summed E-state index contributed by atoms with van der Waals surface area (Å²) in [4.78, 5) is 6.36. The van der Waals surface area contributed by atoms with E-state index >= 15 is 0 Å². The normalized spacial score (nSPS) is 22.2. The van der Waals surface area contributed by atoms with Crippen LogP contribution in [0.3, 0.4) is 0 Å². The van der Waals surface area contributed by atoms with Crippen molar-refractivity contribution < 1.29 is 12.9 Å². The van der Waals surface area contributed by atoms with Crippen molar-refractivity contribution in [3.63, 3.8) is 0 Å². The number of aromatic nitrogens is 2. The molecule has 0 radical (unpaired) electrons. The van der Waals surface area contributed by atoms with E-state index in [2.05, 4.69) is 15.0 Å². The van der Waals surface area contributed by atoms with E-state index in [1.807, 2.05) is 14.0 Å². The van der Waals surface area contributed by atoms with Gasteiger partial charge in [0.05, 0.1) is 18.1 Å². The van der Waals surface area contributed by atoms with Crippen LogP contribution in [0.2, 0.25) is 0 Å². The van der Waals surface area contributed by atoms with Gasteiger partial charge in [-0.2, -0.15) is 4.98 Å². The fraction of sp³-hybridized carbons (Fsp3) is 0.833. The fourth-order valence-electron chi connectivity index (χ4n) is 2.32. The van der Waals surface area contributed by atoms with Crippen LogP contribution in [0, 0.1) is 5.92 Å². The molecular weight excluding hydrogens is 266 g/mol. The number of rotatable bonds is 6. The topological polar surface area (TPSA) is 76.3 Å². The Labute approximate surface area is 114 Å². The van der Waals surface area contributed by atoms with Crippen molar-refractivity contribution in [3.8, 4) is 0 Å². The highest BCUT2D eigenvalue weighted by molar-refractivity contribution is 7.91. The zero-order valence-corrected chi connectivity index (χ0v) is 12.3. The van der Waals surface area contributed by atoms with E-state index in [1.165, 1.54) is 0 Å². The zero-order chi connectivity index (χ0) is 13.9. The van der Waals surface area contributed by atoms with Gasteiger partial charge in [-0.05, 0) is 32.4 Å². The minimum atomic E-state index is -2.76. The van der Waals surface area contributed by atoms with Crippen molar-refractivity contribution in [2.75, 3.05) is 25.1 Å². The predicted molar refractivity (Wildman–Crippen MR) is 71.4 cm³/mol. The molecule has 0 spiro atoms. The van der Waals surface area contributed by atoms with Crippen LogP contribution >= 0.6 is 0 Å². The monoisotopic (exact) mass is 287 g/mol. The van der Waals surface area contributed by atoms with Gasteiger partial charge >= 0.3 is 0 Å². The average molecular weight is 287 g/mol. The minimum absolute atomic E-state index is 0.309. The molecule has 1 aromatic heterocycles. The number of aryl methyl sites for hydroxylation is 1. The van der Waals surface area contributed by atoms with Gasteiger partial charge in [0.2, 0.25) is 5.89 Å². The predicted octanol–water partition coefficient (Wildman–Crippen LogP) is 0.889. The summed E-state index contributed by atoms with van der Waals surface area (Å²) in [7, 11) is -0.769. The second kappa shape index (κ2) is 6.00. The molecule has 2 rings (SSSR count). The van der Waals surface area contributed by atoms with Crippen molar-refractivity contribution in [1.82, 2.24) is 15.0 Å². The molecule has 1 aromatic rings. The molecule has 0 saturated carbocycles. The fourth-order valence-corrected chi connectivity index (χ4v) is 4.23. The highest BCUT2D eigenvalue weighted by Crippen LogP contribution is 2.21. The van der Waals surface area contributed by atoms with Crippen LogP contribution in [-0.2, 0) is 22.8 Å². The van der Waals surface area contributed by atoms with Crippen LogP contribution in [0.4, 0.5) is 0 Å². The van der Waals surface area contributed by atoms with E-state index in [0.29, 0.717) is 35.7 Å². The highest BCUT2D eigenvalue weighted by atomic mass is 32.2. The quantitative estimate of drug-likeness (QED) is 0.773. The lowest BCUT2D eigenvalue weighted by Crippen LogP contribution is -2.22. The lowest BCUT2D eigenvalue weighted by atomic mass is 10.1. The van der Waals surface area contributed by atoms with E-state index in [9.17, 15) is 8.42 Å². The van der Waals surface area contributed by atoms with E-state index in [4.69, 9.17) is 4.52 Å². The van der Waals surface area contributed by atoms with Crippen molar-refractivity contribution in [2.24, 2.45) is 5.92 Å². The first-order valence-corrected chi connectivity index (χ1v) is 8.51. The van der Waals surface area contributed by atoms with Gasteiger partial charge in [-0.3, -0.25) is 4.90 Å². The summed E-state index contributed by atoms with van der Waals surface area (Å²) < 4.78 is 27.8. The smallest absolute Gasteiger partial charge is 0.226 e. The summed E-state index contributed by atoms with van der Waals surface area (Å²) >= 11 is 0. The molecule has 19 heavy (non-hydrogen) atoms. The third-order valence-corrected chi connectivity index (χ3v) is 5.31. The Morgan fingerprint density at radius 3 is 2.84 bits per heavy atom. The number of nitrogens with zero attached hydrogens (tertiary/aromatic N) is 3. The van der Waals surface area contributed by atoms with Gasteiger partial charge in [0.25, 0.3) is 0 Å². The first kappa shape index (κ1) is 14.5. The Hall–Kier alpha value is -0.950. The van der Waals surface area contributed by atoms with Gasteiger partial charge in [0.1, 0.15) is 0 Å². The Kier molecular flexibility index (Phi) is 4.57. The number of hydrogen-bond acceptors (Lipinski definition) is 6. The van der Waals surface area contributed by atoms with Crippen LogP contribution < -0.4 is 0 Å². The molecule has 1 aliphatic rings. The Morgan fingerprint density at radius 1 is 1.47 bits per heavy atom. The molecule has 2 heterocycles. The van der Waals surface area contributed by atoms with E-state index < -0.39 is 9.84 Å². The third-order valence-electron chi connectivity index (χ3n) is 3.47. The van der Waals surface area contributed by atoms with Gasteiger partial charge in [0.15, 0.2) is 15.7 Å². The molecule has 1 saturated heterocycles. The van der Waals surface area contributed by atoms with Gasteiger partial charge in [-0.25, -0.2) is 8.42 Å². The second-order valence-corrected chi connectivity index (χ2v) is 7.48. The molecule has 0 aromatic carbocycles. The first-order chi connectivity index (χ1) is 8.98. The Balaban J connectivity index is 1.74. The summed E-state index contributed by atoms with van der Waals surface area (Å²) in [6, 6.07) is 0. The molecule has 108 valence electrons. The lowest BCUT2D eigenvalue weighted by Gasteiger charge is -2.16. The summed E-state index contributed by atoms with van der Waals surface area (Å²) in [5.74, 6) is 2.36. The first-order valence-electron chi connectivity index (χ1n) is 6.69. The van der Waals surface area contributed by atoms with Crippen molar-refractivity contribution in [3.05, 3.63) is 11.7 Å². The molecule has 1 aliphatic heterocycles. The van der Waals surface area contributed by atoms with Gasteiger partial charge in [0, 0.05) is 6.42 Å². The standard InChI is InChI=1S/C12H21N3O3S/c1-3-12-13-11(14-18-12)8-15(2)6-4-10-5-7-19(16,17)9-10/h10H,3-9H2,1-2H3/t10-/m0/s1. The summed E-state index contributed by atoms with van der Waals surface area (Å²) in [6.45, 7) is 3.47. The van der Waals surface area contributed by atoms with E-state index in [1.54, 1.807) is 0 Å². The van der Waals surface area contributed by atoms with Crippen LogP contribution in [0.1, 0.15) is 31.5 Å². The summed E-state index contributed by atoms with van der Waals surface area (Å²) in [5, 5.41) is 3.91. The molecule has 1 atom stereocenters. The SMILES string of the molecule is CCc1nc(CN(C)CC[C@H]2CCS(=O)(=O)C2)no1. The number of hydrogen-bond donors (Lipinski definition) is 0. The maximum atomic E-state index is 11.4. The largest absolute Gasteiger partial charge is 0.339 e. The Bertz CT molecular complexity index is 512. The molecule has 0 aliphatic carbocycles. The van der Waals surface area contributed by atoms with Crippen molar-refractivity contribution in [2.45, 2.75) is 32.7 Å². The second-order valence-electron chi connectivity index (χ2n) is 5.25. The highest BCUT2D eigenvalue weighted by Gasteiger charge is 2.27. The zero-order valence-electron chi connectivity index (χ0n) is 11.5.